The molecule has 1 saturated carbocycles. The Bertz CT molecular complexity index is 248. The molecule has 1 aliphatic carbocycles. The van der Waals surface area contributed by atoms with Gasteiger partial charge in [-0.25, -0.2) is 0 Å². The quantitative estimate of drug-likeness (QED) is 0.810. The van der Waals surface area contributed by atoms with Crippen molar-refractivity contribution in [2.45, 2.75) is 57.9 Å². The van der Waals surface area contributed by atoms with Gasteiger partial charge in [0.2, 0.25) is 0 Å². The van der Waals surface area contributed by atoms with E-state index in [0.29, 0.717) is 5.41 Å². The van der Waals surface area contributed by atoms with Crippen LogP contribution in [0.4, 0.5) is 0 Å². The monoisotopic (exact) mass is 236 g/mol. The molecule has 3 fully saturated rings. The lowest BCUT2D eigenvalue weighted by atomic mass is 9.74. The van der Waals surface area contributed by atoms with E-state index in [0.717, 1.165) is 12.0 Å². The summed E-state index contributed by atoms with van der Waals surface area (Å²) in [7, 11) is 0. The Balaban J connectivity index is 1.65. The van der Waals surface area contributed by atoms with Gasteiger partial charge in [0, 0.05) is 19.1 Å². The lowest BCUT2D eigenvalue weighted by Crippen LogP contribution is -2.54. The Kier molecular flexibility index (Phi) is 3.45. The van der Waals surface area contributed by atoms with Crippen molar-refractivity contribution in [1.82, 2.24) is 10.2 Å². The summed E-state index contributed by atoms with van der Waals surface area (Å²) in [5.74, 6) is 1.05. The SMILES string of the molecule is CCC(C1CC1)N1CCCC2(CCCNC2)C1. The Morgan fingerprint density at radius 2 is 2.12 bits per heavy atom. The first-order valence-corrected chi connectivity index (χ1v) is 7.78. The van der Waals surface area contributed by atoms with Crippen LogP contribution in [0.2, 0.25) is 0 Å². The molecule has 1 spiro atoms. The van der Waals surface area contributed by atoms with E-state index in [1.807, 2.05) is 0 Å². The molecule has 2 nitrogen and oxygen atoms in total. The molecule has 3 aliphatic rings. The van der Waals surface area contributed by atoms with Crippen LogP contribution >= 0.6 is 0 Å². The first-order chi connectivity index (χ1) is 8.33. The van der Waals surface area contributed by atoms with Crippen molar-refractivity contribution < 1.29 is 0 Å². The third kappa shape index (κ3) is 2.53. The van der Waals surface area contributed by atoms with E-state index in [1.165, 1.54) is 71.1 Å². The van der Waals surface area contributed by atoms with Gasteiger partial charge in [-0.15, -0.1) is 0 Å². The minimum Gasteiger partial charge on any atom is -0.316 e. The zero-order valence-corrected chi connectivity index (χ0v) is 11.4. The molecule has 0 radical (unpaired) electrons. The molecule has 2 atom stereocenters. The average Bonchev–Trinajstić information content (AvgIpc) is 3.16. The maximum Gasteiger partial charge on any atom is 0.0121 e. The summed E-state index contributed by atoms with van der Waals surface area (Å²) in [6.45, 7) is 7.68. The Morgan fingerprint density at radius 3 is 2.76 bits per heavy atom. The van der Waals surface area contributed by atoms with Crippen LogP contribution in [0.5, 0.6) is 0 Å². The van der Waals surface area contributed by atoms with Gasteiger partial charge in [0.15, 0.2) is 0 Å². The third-order valence-electron chi connectivity index (χ3n) is 5.31. The van der Waals surface area contributed by atoms with Crippen molar-refractivity contribution >= 4 is 0 Å². The summed E-state index contributed by atoms with van der Waals surface area (Å²) in [6.07, 6.45) is 10.1. The molecule has 2 unspecified atom stereocenters. The number of rotatable bonds is 3. The van der Waals surface area contributed by atoms with Crippen molar-refractivity contribution in [1.29, 1.82) is 0 Å². The maximum absolute atomic E-state index is 3.64. The van der Waals surface area contributed by atoms with E-state index in [2.05, 4.69) is 17.1 Å². The van der Waals surface area contributed by atoms with Gasteiger partial charge in [-0.2, -0.15) is 0 Å². The highest BCUT2D eigenvalue weighted by Crippen LogP contribution is 2.42. The van der Waals surface area contributed by atoms with Gasteiger partial charge in [0.05, 0.1) is 0 Å². The normalized spacial score (nSPS) is 37.2. The number of nitrogens with zero attached hydrogens (tertiary/aromatic N) is 1. The third-order valence-corrected chi connectivity index (χ3v) is 5.31. The smallest absolute Gasteiger partial charge is 0.0121 e. The van der Waals surface area contributed by atoms with Crippen LogP contribution in [-0.2, 0) is 0 Å². The fourth-order valence-corrected chi connectivity index (χ4v) is 4.28. The lowest BCUT2D eigenvalue weighted by Gasteiger charge is -2.48. The van der Waals surface area contributed by atoms with E-state index >= 15 is 0 Å². The lowest BCUT2D eigenvalue weighted by molar-refractivity contribution is 0.0298. The van der Waals surface area contributed by atoms with Crippen LogP contribution in [0, 0.1) is 11.3 Å². The van der Waals surface area contributed by atoms with Gasteiger partial charge in [0.25, 0.3) is 0 Å². The second-order valence-corrected chi connectivity index (χ2v) is 6.67. The van der Waals surface area contributed by atoms with Gasteiger partial charge in [-0.3, -0.25) is 4.90 Å². The van der Waals surface area contributed by atoms with Gasteiger partial charge in [-0.1, -0.05) is 6.92 Å². The van der Waals surface area contributed by atoms with Crippen LogP contribution in [-0.4, -0.2) is 37.1 Å². The topological polar surface area (TPSA) is 15.3 Å². The summed E-state index contributed by atoms with van der Waals surface area (Å²) < 4.78 is 0. The molecule has 98 valence electrons. The second kappa shape index (κ2) is 4.89. The summed E-state index contributed by atoms with van der Waals surface area (Å²) in [6, 6.07) is 0.911. The van der Waals surface area contributed by atoms with Crippen LogP contribution < -0.4 is 5.32 Å². The number of piperidine rings is 2. The molecule has 1 N–H and O–H groups in total. The van der Waals surface area contributed by atoms with Gasteiger partial charge in [-0.05, 0) is 69.4 Å². The molecule has 0 amide bonds. The molecule has 17 heavy (non-hydrogen) atoms. The van der Waals surface area contributed by atoms with E-state index in [-0.39, 0.29) is 0 Å². The molecule has 0 bridgehead atoms. The summed E-state index contributed by atoms with van der Waals surface area (Å²) >= 11 is 0. The van der Waals surface area contributed by atoms with E-state index in [1.54, 1.807) is 0 Å². The maximum atomic E-state index is 3.64. The highest BCUT2D eigenvalue weighted by atomic mass is 15.2. The number of likely N-dealkylation sites (tertiary alicyclic amines) is 1. The largest absolute Gasteiger partial charge is 0.316 e. The van der Waals surface area contributed by atoms with Crippen molar-refractivity contribution in [3.05, 3.63) is 0 Å². The van der Waals surface area contributed by atoms with Crippen molar-refractivity contribution in [2.24, 2.45) is 11.3 Å². The number of nitrogens with one attached hydrogen (secondary N) is 1. The highest BCUT2D eigenvalue weighted by molar-refractivity contribution is 4.96. The Morgan fingerprint density at radius 1 is 1.29 bits per heavy atom. The predicted octanol–water partition coefficient (Wildman–Crippen LogP) is 2.64. The highest BCUT2D eigenvalue weighted by Gasteiger charge is 2.41. The van der Waals surface area contributed by atoms with E-state index in [4.69, 9.17) is 0 Å². The van der Waals surface area contributed by atoms with Crippen LogP contribution in [0.15, 0.2) is 0 Å². The summed E-state index contributed by atoms with van der Waals surface area (Å²) in [4.78, 5) is 2.86. The molecule has 0 aromatic rings. The minimum absolute atomic E-state index is 0.638. The fraction of sp³-hybridized carbons (Fsp3) is 1.00. The second-order valence-electron chi connectivity index (χ2n) is 6.67. The Hall–Kier alpha value is -0.0800. The zero-order chi connectivity index (χ0) is 11.7. The molecule has 0 aromatic heterocycles. The molecule has 2 saturated heterocycles. The van der Waals surface area contributed by atoms with Crippen molar-refractivity contribution in [3.63, 3.8) is 0 Å². The van der Waals surface area contributed by atoms with E-state index < -0.39 is 0 Å². The van der Waals surface area contributed by atoms with Gasteiger partial charge >= 0.3 is 0 Å². The average molecular weight is 236 g/mol. The summed E-state index contributed by atoms with van der Waals surface area (Å²) in [5.41, 5.74) is 0.638. The standard InChI is InChI=1S/C15H28N2/c1-2-14(13-5-6-13)17-10-4-8-15(12-17)7-3-9-16-11-15/h13-14,16H,2-12H2,1H3. The van der Waals surface area contributed by atoms with Gasteiger partial charge in [0.1, 0.15) is 0 Å². The van der Waals surface area contributed by atoms with Crippen molar-refractivity contribution in [2.75, 3.05) is 26.2 Å². The zero-order valence-electron chi connectivity index (χ0n) is 11.4. The number of hydrogen-bond acceptors (Lipinski definition) is 2. The molecule has 2 aliphatic heterocycles. The molecular weight excluding hydrogens is 208 g/mol. The molecule has 0 aromatic carbocycles. The molecular formula is C15H28N2. The Labute approximate surface area is 106 Å². The van der Waals surface area contributed by atoms with Crippen molar-refractivity contribution in [3.8, 4) is 0 Å². The molecule has 3 rings (SSSR count). The number of hydrogen-bond donors (Lipinski definition) is 1. The van der Waals surface area contributed by atoms with Crippen LogP contribution in [0.3, 0.4) is 0 Å². The molecule has 2 heteroatoms. The van der Waals surface area contributed by atoms with E-state index in [9.17, 15) is 0 Å². The predicted molar refractivity (Wildman–Crippen MR) is 72.1 cm³/mol. The minimum atomic E-state index is 0.638. The first-order valence-electron chi connectivity index (χ1n) is 7.78. The van der Waals surface area contributed by atoms with Gasteiger partial charge < -0.3 is 5.32 Å². The fourth-order valence-electron chi connectivity index (χ4n) is 4.28. The summed E-state index contributed by atoms with van der Waals surface area (Å²) in [5, 5.41) is 3.64. The molecule has 2 heterocycles. The van der Waals surface area contributed by atoms with Crippen LogP contribution in [0.1, 0.15) is 51.9 Å². The first kappa shape index (κ1) is 12.0. The van der Waals surface area contributed by atoms with Crippen LogP contribution in [0.25, 0.3) is 0 Å².